The highest BCUT2D eigenvalue weighted by molar-refractivity contribution is 5.75. The Kier molecular flexibility index (Phi) is 3.49. The third-order valence-corrected chi connectivity index (χ3v) is 1.80. The summed E-state index contributed by atoms with van der Waals surface area (Å²) >= 11 is 0. The Morgan fingerprint density at radius 1 is 1.75 bits per heavy atom. The van der Waals surface area contributed by atoms with E-state index in [2.05, 4.69) is 5.48 Å². The second-order valence-corrected chi connectivity index (χ2v) is 3.07. The molecule has 0 aromatic heterocycles. The van der Waals surface area contributed by atoms with Gasteiger partial charge in [-0.15, -0.1) is 0 Å². The predicted molar refractivity (Wildman–Crippen MR) is 43.3 cm³/mol. The molecule has 0 bridgehead atoms. The molecule has 0 amide bonds. The molecule has 70 valence electrons. The highest BCUT2D eigenvalue weighted by Crippen LogP contribution is 2.12. The highest BCUT2D eigenvalue weighted by Gasteiger charge is 2.26. The van der Waals surface area contributed by atoms with Gasteiger partial charge in [0.15, 0.2) is 0 Å². The Hall–Kier alpha value is -0.610. The van der Waals surface area contributed by atoms with Crippen molar-refractivity contribution in [1.29, 1.82) is 0 Å². The maximum absolute atomic E-state index is 11.2. The van der Waals surface area contributed by atoms with Crippen LogP contribution in [-0.2, 0) is 14.4 Å². The van der Waals surface area contributed by atoms with Crippen LogP contribution in [0.25, 0.3) is 0 Å². The fraction of sp³-hybridized carbons (Fsp3) is 0.875. The van der Waals surface area contributed by atoms with Gasteiger partial charge >= 0.3 is 5.97 Å². The molecule has 0 radical (unpaired) electrons. The van der Waals surface area contributed by atoms with E-state index in [1.165, 1.54) is 0 Å². The lowest BCUT2D eigenvalue weighted by molar-refractivity contribution is -0.155. The second kappa shape index (κ2) is 4.42. The number of carbonyl (C=O) groups is 1. The Labute approximate surface area is 72.2 Å². The monoisotopic (exact) mass is 173 g/mol. The van der Waals surface area contributed by atoms with E-state index in [1.807, 2.05) is 6.92 Å². The second-order valence-electron chi connectivity index (χ2n) is 3.07. The van der Waals surface area contributed by atoms with Crippen LogP contribution in [0.3, 0.4) is 0 Å². The van der Waals surface area contributed by atoms with Crippen LogP contribution >= 0.6 is 0 Å². The molecule has 1 heterocycles. The molecule has 0 aliphatic carbocycles. The minimum atomic E-state index is -0.284. The van der Waals surface area contributed by atoms with Gasteiger partial charge in [0.1, 0.15) is 6.04 Å². The van der Waals surface area contributed by atoms with Gasteiger partial charge in [0.05, 0.1) is 13.2 Å². The van der Waals surface area contributed by atoms with E-state index in [0.29, 0.717) is 19.1 Å². The molecule has 0 unspecified atom stereocenters. The maximum Gasteiger partial charge on any atom is 0.325 e. The fourth-order valence-electron chi connectivity index (χ4n) is 1.20. The van der Waals surface area contributed by atoms with Gasteiger partial charge in [0, 0.05) is 0 Å². The van der Waals surface area contributed by atoms with E-state index in [-0.39, 0.29) is 12.0 Å². The van der Waals surface area contributed by atoms with E-state index in [4.69, 9.17) is 9.57 Å². The van der Waals surface area contributed by atoms with E-state index < -0.39 is 0 Å². The first-order valence-corrected chi connectivity index (χ1v) is 4.28. The Bertz CT molecular complexity index is 160. The lowest BCUT2D eigenvalue weighted by Gasteiger charge is -2.25. The third kappa shape index (κ3) is 2.46. The van der Waals surface area contributed by atoms with Crippen LogP contribution < -0.4 is 5.48 Å². The van der Waals surface area contributed by atoms with E-state index in [1.54, 1.807) is 6.92 Å². The molecule has 0 aromatic carbocycles. The van der Waals surface area contributed by atoms with Crippen LogP contribution in [0.4, 0.5) is 0 Å². The van der Waals surface area contributed by atoms with Crippen molar-refractivity contribution >= 4 is 5.97 Å². The summed E-state index contributed by atoms with van der Waals surface area (Å²) < 4.78 is 4.85. The Morgan fingerprint density at radius 2 is 2.50 bits per heavy atom. The van der Waals surface area contributed by atoms with Gasteiger partial charge in [-0.25, -0.2) is 0 Å². The molecule has 0 aromatic rings. The molecule has 1 N–H and O–H groups in total. The molecule has 0 spiro atoms. The van der Waals surface area contributed by atoms with Gasteiger partial charge in [-0.3, -0.25) is 4.79 Å². The zero-order valence-electron chi connectivity index (χ0n) is 7.50. The molecule has 12 heavy (non-hydrogen) atoms. The summed E-state index contributed by atoms with van der Waals surface area (Å²) in [5.41, 5.74) is 2.66. The van der Waals surface area contributed by atoms with Crippen LogP contribution in [0.1, 0.15) is 20.3 Å². The number of rotatable bonds is 2. The molecule has 0 saturated carbocycles. The van der Waals surface area contributed by atoms with Gasteiger partial charge in [0.25, 0.3) is 0 Å². The van der Waals surface area contributed by atoms with E-state index in [0.717, 1.165) is 6.42 Å². The average Bonchev–Trinajstić information content (AvgIpc) is 2.05. The predicted octanol–water partition coefficient (Wildman–Crippen LogP) is 0.479. The maximum atomic E-state index is 11.2. The third-order valence-electron chi connectivity index (χ3n) is 1.80. The Morgan fingerprint density at radius 3 is 3.08 bits per heavy atom. The minimum Gasteiger partial charge on any atom is -0.465 e. The van der Waals surface area contributed by atoms with Gasteiger partial charge < -0.3 is 9.57 Å². The van der Waals surface area contributed by atoms with Gasteiger partial charge in [-0.05, 0) is 19.3 Å². The zero-order chi connectivity index (χ0) is 8.97. The van der Waals surface area contributed by atoms with Crippen molar-refractivity contribution in [2.24, 2.45) is 5.92 Å². The average molecular weight is 173 g/mol. The lowest BCUT2D eigenvalue weighted by atomic mass is 10.0. The topological polar surface area (TPSA) is 47.6 Å². The van der Waals surface area contributed by atoms with Crippen LogP contribution in [0.2, 0.25) is 0 Å². The molecule has 1 aliphatic heterocycles. The van der Waals surface area contributed by atoms with Crippen molar-refractivity contribution < 1.29 is 14.4 Å². The number of esters is 1. The smallest absolute Gasteiger partial charge is 0.325 e. The molecule has 4 nitrogen and oxygen atoms in total. The lowest BCUT2D eigenvalue weighted by Crippen LogP contribution is -2.44. The normalized spacial score (nSPS) is 29.8. The first kappa shape index (κ1) is 9.48. The molecule has 1 saturated heterocycles. The summed E-state index contributed by atoms with van der Waals surface area (Å²) in [7, 11) is 0. The quantitative estimate of drug-likeness (QED) is 0.617. The first-order chi connectivity index (χ1) is 5.74. The van der Waals surface area contributed by atoms with Crippen molar-refractivity contribution in [3.63, 3.8) is 0 Å². The number of ether oxygens (including phenoxy) is 1. The SMILES string of the molecule is CCOC(=O)[C@H]1C[C@@H](C)CON1. The van der Waals surface area contributed by atoms with Gasteiger partial charge in [-0.1, -0.05) is 6.92 Å². The molecular formula is C8H15NO3. The highest BCUT2D eigenvalue weighted by atomic mass is 16.7. The summed E-state index contributed by atoms with van der Waals surface area (Å²) in [6.07, 6.45) is 0.791. The zero-order valence-corrected chi connectivity index (χ0v) is 7.50. The summed E-state index contributed by atoms with van der Waals surface area (Å²) in [4.78, 5) is 16.2. The standard InChI is InChI=1S/C8H15NO3/c1-3-11-8(10)7-4-6(2)5-12-9-7/h6-7,9H,3-5H2,1-2H3/t6-,7-/m1/s1. The molecule has 1 rings (SSSR count). The minimum absolute atomic E-state index is 0.218. The molecule has 4 heteroatoms. The molecule has 1 aliphatic rings. The summed E-state index contributed by atoms with van der Waals surface area (Å²) in [6.45, 7) is 4.93. The van der Waals surface area contributed by atoms with Crippen LogP contribution in [-0.4, -0.2) is 25.2 Å². The van der Waals surface area contributed by atoms with Gasteiger partial charge in [-0.2, -0.15) is 5.48 Å². The Balaban J connectivity index is 2.35. The number of nitrogens with one attached hydrogen (secondary N) is 1. The molecule has 2 atom stereocenters. The summed E-state index contributed by atoms with van der Waals surface area (Å²) in [6, 6.07) is -0.284. The fourth-order valence-corrected chi connectivity index (χ4v) is 1.20. The number of hydroxylamine groups is 1. The van der Waals surface area contributed by atoms with Crippen molar-refractivity contribution in [3.8, 4) is 0 Å². The molecular weight excluding hydrogens is 158 g/mol. The number of hydrogen-bond acceptors (Lipinski definition) is 4. The summed E-state index contributed by atoms with van der Waals surface area (Å²) in [5, 5.41) is 0. The van der Waals surface area contributed by atoms with Crippen molar-refractivity contribution in [1.82, 2.24) is 5.48 Å². The summed E-state index contributed by atoms with van der Waals surface area (Å²) in [5.74, 6) is 0.199. The number of carbonyl (C=O) groups excluding carboxylic acids is 1. The van der Waals surface area contributed by atoms with Crippen LogP contribution in [0.5, 0.6) is 0 Å². The van der Waals surface area contributed by atoms with Crippen LogP contribution in [0.15, 0.2) is 0 Å². The van der Waals surface area contributed by atoms with E-state index in [9.17, 15) is 4.79 Å². The molecule has 1 fully saturated rings. The largest absolute Gasteiger partial charge is 0.465 e. The van der Waals surface area contributed by atoms with Crippen molar-refractivity contribution in [2.75, 3.05) is 13.2 Å². The first-order valence-electron chi connectivity index (χ1n) is 4.28. The van der Waals surface area contributed by atoms with Gasteiger partial charge in [0.2, 0.25) is 0 Å². The van der Waals surface area contributed by atoms with E-state index >= 15 is 0 Å². The van der Waals surface area contributed by atoms with Crippen LogP contribution in [0, 0.1) is 5.92 Å². The van der Waals surface area contributed by atoms with Crippen molar-refractivity contribution in [3.05, 3.63) is 0 Å². The van der Waals surface area contributed by atoms with Crippen molar-refractivity contribution in [2.45, 2.75) is 26.3 Å². The number of hydrogen-bond donors (Lipinski definition) is 1.